The van der Waals surface area contributed by atoms with Gasteiger partial charge in [0.05, 0.1) is 0 Å². The zero-order valence-corrected chi connectivity index (χ0v) is 18.5. The molecule has 0 aliphatic carbocycles. The summed E-state index contributed by atoms with van der Waals surface area (Å²) in [7, 11) is -1.34. The maximum Gasteiger partial charge on any atom is 0.328 e. The molecular weight excluding hydrogens is 407 g/mol. The SMILES string of the molecule is Cc1cc(C)c(C(=O)P(c2ccccc2)c2ccccc2)c(C)c1C(=O)/C=C\C(=O)O. The molecule has 0 unspecified atom stereocenters. The molecule has 0 saturated carbocycles. The maximum atomic E-state index is 13.9. The van der Waals surface area contributed by atoms with Gasteiger partial charge in [0.15, 0.2) is 11.3 Å². The second-order valence-corrected chi connectivity index (χ2v) is 9.34. The zero-order chi connectivity index (χ0) is 22.5. The highest BCUT2D eigenvalue weighted by atomic mass is 31.1. The molecule has 31 heavy (non-hydrogen) atoms. The summed E-state index contributed by atoms with van der Waals surface area (Å²) >= 11 is 0. The highest BCUT2D eigenvalue weighted by Crippen LogP contribution is 2.40. The number of hydrogen-bond acceptors (Lipinski definition) is 3. The first kappa shape index (κ1) is 22.3. The van der Waals surface area contributed by atoms with E-state index in [4.69, 9.17) is 5.11 Å². The molecule has 3 rings (SSSR count). The van der Waals surface area contributed by atoms with Crippen molar-refractivity contribution < 1.29 is 19.5 Å². The van der Waals surface area contributed by atoms with Crippen molar-refractivity contribution in [3.8, 4) is 0 Å². The third kappa shape index (κ3) is 4.87. The summed E-state index contributed by atoms with van der Waals surface area (Å²) in [4.78, 5) is 37.5. The van der Waals surface area contributed by atoms with Crippen molar-refractivity contribution in [2.24, 2.45) is 0 Å². The maximum absolute atomic E-state index is 13.9. The molecule has 0 radical (unpaired) electrons. The van der Waals surface area contributed by atoms with E-state index >= 15 is 0 Å². The molecule has 5 heteroatoms. The average molecular weight is 430 g/mol. The number of allylic oxidation sites excluding steroid dienone is 1. The van der Waals surface area contributed by atoms with Crippen LogP contribution in [0.4, 0.5) is 0 Å². The van der Waals surface area contributed by atoms with E-state index in [1.807, 2.05) is 73.7 Å². The number of aryl methyl sites for hydroxylation is 2. The molecule has 156 valence electrons. The van der Waals surface area contributed by atoms with Crippen LogP contribution in [0.15, 0.2) is 78.9 Å². The van der Waals surface area contributed by atoms with Crippen molar-refractivity contribution in [3.05, 3.63) is 107 Å². The Morgan fingerprint density at radius 3 is 1.71 bits per heavy atom. The fourth-order valence-corrected chi connectivity index (χ4v) is 6.05. The first-order valence-corrected chi connectivity index (χ1v) is 11.2. The van der Waals surface area contributed by atoms with Crippen LogP contribution in [0.25, 0.3) is 0 Å². The second-order valence-electron chi connectivity index (χ2n) is 7.23. The standard InChI is InChI=1S/C26H23O4P/c1-17-16-18(2)25(19(3)24(17)22(27)14-15-23(28)29)26(30)31(20-10-6-4-7-11-20)21-12-8-5-9-13-21/h4-16H,1-3H3,(H,28,29)/b15-14-. The van der Waals surface area contributed by atoms with E-state index in [1.165, 1.54) is 0 Å². The predicted octanol–water partition coefficient (Wildman–Crippen LogP) is 4.71. The highest BCUT2D eigenvalue weighted by Gasteiger charge is 2.28. The van der Waals surface area contributed by atoms with E-state index < -0.39 is 19.7 Å². The van der Waals surface area contributed by atoms with Crippen molar-refractivity contribution in [2.45, 2.75) is 20.8 Å². The molecular formula is C26H23O4P. The van der Waals surface area contributed by atoms with E-state index in [0.29, 0.717) is 16.7 Å². The van der Waals surface area contributed by atoms with E-state index in [0.717, 1.165) is 33.9 Å². The lowest BCUT2D eigenvalue weighted by atomic mass is 9.91. The van der Waals surface area contributed by atoms with Crippen molar-refractivity contribution in [3.63, 3.8) is 0 Å². The molecule has 3 aromatic carbocycles. The number of carboxylic acids is 1. The van der Waals surface area contributed by atoms with E-state index in [2.05, 4.69) is 0 Å². The molecule has 3 aromatic rings. The Morgan fingerprint density at radius 2 is 1.23 bits per heavy atom. The Bertz CT molecular complexity index is 1130. The van der Waals surface area contributed by atoms with Crippen LogP contribution in [0.1, 0.15) is 37.4 Å². The van der Waals surface area contributed by atoms with Gasteiger partial charge >= 0.3 is 5.97 Å². The summed E-state index contributed by atoms with van der Waals surface area (Å²) in [5.41, 5.74) is 2.98. The topological polar surface area (TPSA) is 71.4 Å². The van der Waals surface area contributed by atoms with Crippen LogP contribution in [-0.4, -0.2) is 22.4 Å². The molecule has 1 N–H and O–H groups in total. The molecule has 0 spiro atoms. The molecule has 0 atom stereocenters. The van der Waals surface area contributed by atoms with Crippen LogP contribution in [-0.2, 0) is 4.79 Å². The fraction of sp³-hybridized carbons (Fsp3) is 0.115. The van der Waals surface area contributed by atoms with Gasteiger partial charge in [-0.3, -0.25) is 9.59 Å². The minimum atomic E-state index is -1.34. The number of ketones is 1. The summed E-state index contributed by atoms with van der Waals surface area (Å²) in [6, 6.07) is 21.2. The molecule has 0 aliphatic rings. The van der Waals surface area contributed by atoms with E-state index in [-0.39, 0.29) is 5.52 Å². The Morgan fingerprint density at radius 1 is 0.742 bits per heavy atom. The van der Waals surface area contributed by atoms with Crippen LogP contribution in [0.5, 0.6) is 0 Å². The number of carboxylic acid groups (broad SMARTS) is 1. The molecule has 0 fully saturated rings. The Labute approximate surface area is 183 Å². The molecule has 0 heterocycles. The van der Waals surface area contributed by atoms with Gasteiger partial charge < -0.3 is 5.11 Å². The van der Waals surface area contributed by atoms with Gasteiger partial charge in [-0.25, -0.2) is 4.79 Å². The highest BCUT2D eigenvalue weighted by molar-refractivity contribution is 7.88. The molecule has 4 nitrogen and oxygen atoms in total. The number of aliphatic carboxylic acids is 1. The Balaban J connectivity index is 2.18. The summed E-state index contributed by atoms with van der Waals surface area (Å²) in [5.74, 6) is -1.61. The van der Waals surface area contributed by atoms with Crippen LogP contribution in [0.2, 0.25) is 0 Å². The minimum Gasteiger partial charge on any atom is -0.478 e. The lowest BCUT2D eigenvalue weighted by molar-refractivity contribution is -0.131. The fourth-order valence-electron chi connectivity index (χ4n) is 3.77. The summed E-state index contributed by atoms with van der Waals surface area (Å²) in [6.07, 6.45) is 1.86. The summed E-state index contributed by atoms with van der Waals surface area (Å²) in [5, 5.41) is 10.7. The predicted molar refractivity (Wildman–Crippen MR) is 125 cm³/mol. The van der Waals surface area contributed by atoms with Gasteiger partial charge in [0, 0.05) is 25.1 Å². The van der Waals surface area contributed by atoms with Gasteiger partial charge in [-0.1, -0.05) is 66.7 Å². The summed E-state index contributed by atoms with van der Waals surface area (Å²) < 4.78 is 0. The van der Waals surface area contributed by atoms with Gasteiger partial charge in [0.1, 0.15) is 0 Å². The number of carbonyl (C=O) groups is 3. The number of hydrogen-bond donors (Lipinski definition) is 1. The average Bonchev–Trinajstić information content (AvgIpc) is 2.73. The van der Waals surface area contributed by atoms with Crippen LogP contribution >= 0.6 is 7.92 Å². The molecule has 0 aromatic heterocycles. The summed E-state index contributed by atoms with van der Waals surface area (Å²) in [6.45, 7) is 5.43. The zero-order valence-electron chi connectivity index (χ0n) is 17.6. The Hall–Kier alpha value is -3.36. The normalized spacial score (nSPS) is 11.1. The first-order valence-electron chi connectivity index (χ1n) is 9.82. The molecule has 0 saturated heterocycles. The van der Waals surface area contributed by atoms with Gasteiger partial charge in [-0.05, 0) is 54.1 Å². The quantitative estimate of drug-likeness (QED) is 0.335. The van der Waals surface area contributed by atoms with E-state index in [1.54, 1.807) is 13.8 Å². The third-order valence-corrected chi connectivity index (χ3v) is 7.30. The van der Waals surface area contributed by atoms with Gasteiger partial charge in [-0.2, -0.15) is 0 Å². The van der Waals surface area contributed by atoms with Crippen LogP contribution in [0, 0.1) is 20.8 Å². The van der Waals surface area contributed by atoms with Crippen LogP contribution < -0.4 is 10.6 Å². The van der Waals surface area contributed by atoms with Crippen molar-refractivity contribution >= 4 is 35.8 Å². The minimum absolute atomic E-state index is 0.0290. The van der Waals surface area contributed by atoms with Crippen molar-refractivity contribution in [2.75, 3.05) is 0 Å². The molecule has 0 bridgehead atoms. The third-order valence-electron chi connectivity index (χ3n) is 5.04. The molecule has 0 amide bonds. The van der Waals surface area contributed by atoms with E-state index in [9.17, 15) is 14.4 Å². The van der Waals surface area contributed by atoms with Crippen molar-refractivity contribution in [1.82, 2.24) is 0 Å². The van der Waals surface area contributed by atoms with Gasteiger partial charge in [-0.15, -0.1) is 0 Å². The largest absolute Gasteiger partial charge is 0.478 e. The van der Waals surface area contributed by atoms with Gasteiger partial charge in [0.2, 0.25) is 0 Å². The lowest BCUT2D eigenvalue weighted by Gasteiger charge is -2.21. The smallest absolute Gasteiger partial charge is 0.328 e. The van der Waals surface area contributed by atoms with Crippen molar-refractivity contribution in [1.29, 1.82) is 0 Å². The number of benzene rings is 3. The number of carbonyl (C=O) groups excluding carboxylic acids is 2. The van der Waals surface area contributed by atoms with Gasteiger partial charge in [0.25, 0.3) is 0 Å². The monoisotopic (exact) mass is 430 g/mol. The van der Waals surface area contributed by atoms with Crippen LogP contribution in [0.3, 0.4) is 0 Å². The molecule has 0 aliphatic heterocycles. The Kier molecular flexibility index (Phi) is 6.94. The second kappa shape index (κ2) is 9.63. The first-order chi connectivity index (χ1) is 14.8. The number of rotatable bonds is 7. The lowest BCUT2D eigenvalue weighted by Crippen LogP contribution is -2.20.